The monoisotopic (exact) mass is 307 g/mol. The molecule has 1 atom stereocenters. The zero-order valence-electron chi connectivity index (χ0n) is 11.9. The second kappa shape index (κ2) is 5.99. The summed E-state index contributed by atoms with van der Waals surface area (Å²) < 4.78 is 13.0. The van der Waals surface area contributed by atoms with E-state index in [1.54, 1.807) is 18.3 Å². The third-order valence-corrected chi connectivity index (χ3v) is 4.60. The molecular weight excluding hydrogens is 289 g/mol. The fraction of sp³-hybridized carbons (Fsp3) is 0.400. The number of thiazole rings is 1. The topological polar surface area (TPSA) is 39.6 Å². The number of aromatic nitrogens is 1. The van der Waals surface area contributed by atoms with Gasteiger partial charge in [0.15, 0.2) is 5.13 Å². The van der Waals surface area contributed by atoms with Gasteiger partial charge in [0.25, 0.3) is 0 Å². The maximum Gasteiger partial charge on any atom is 0.185 e. The molecule has 1 aromatic heterocycles. The molecule has 112 valence electrons. The van der Waals surface area contributed by atoms with Crippen molar-refractivity contribution in [1.29, 1.82) is 0 Å². The van der Waals surface area contributed by atoms with Crippen molar-refractivity contribution in [2.24, 2.45) is 0 Å². The number of halogens is 1. The molecule has 0 aliphatic carbocycles. The normalized spacial score (nSPS) is 17.1. The van der Waals surface area contributed by atoms with Crippen LogP contribution in [0.1, 0.15) is 18.7 Å². The van der Waals surface area contributed by atoms with Gasteiger partial charge in [-0.3, -0.25) is 0 Å². The van der Waals surface area contributed by atoms with Gasteiger partial charge in [-0.25, -0.2) is 9.37 Å². The highest BCUT2D eigenvalue weighted by Crippen LogP contribution is 2.26. The van der Waals surface area contributed by atoms with Crippen LogP contribution in [0.15, 0.2) is 29.6 Å². The molecule has 2 heterocycles. The highest BCUT2D eigenvalue weighted by molar-refractivity contribution is 7.13. The van der Waals surface area contributed by atoms with Crippen LogP contribution in [-0.4, -0.2) is 36.3 Å². The van der Waals surface area contributed by atoms with Crippen molar-refractivity contribution in [2.75, 3.05) is 36.0 Å². The van der Waals surface area contributed by atoms with Gasteiger partial charge in [-0.05, 0) is 31.2 Å². The number of anilines is 2. The number of aliphatic hydroxyl groups is 1. The van der Waals surface area contributed by atoms with E-state index in [1.165, 1.54) is 12.1 Å². The van der Waals surface area contributed by atoms with Crippen LogP contribution < -0.4 is 9.80 Å². The van der Waals surface area contributed by atoms with Crippen molar-refractivity contribution in [3.8, 4) is 0 Å². The molecule has 6 heteroatoms. The Balaban J connectivity index is 1.63. The van der Waals surface area contributed by atoms with Gasteiger partial charge in [0.05, 0.1) is 11.8 Å². The Morgan fingerprint density at radius 1 is 1.14 bits per heavy atom. The molecule has 0 radical (unpaired) electrons. The van der Waals surface area contributed by atoms with Gasteiger partial charge in [0.2, 0.25) is 0 Å². The van der Waals surface area contributed by atoms with Gasteiger partial charge >= 0.3 is 0 Å². The highest BCUT2D eigenvalue weighted by atomic mass is 32.1. The molecule has 1 N–H and O–H groups in total. The maximum absolute atomic E-state index is 13.0. The van der Waals surface area contributed by atoms with Gasteiger partial charge < -0.3 is 14.9 Å². The lowest BCUT2D eigenvalue weighted by molar-refractivity contribution is 0.195. The van der Waals surface area contributed by atoms with Gasteiger partial charge in [-0.1, -0.05) is 0 Å². The van der Waals surface area contributed by atoms with Crippen LogP contribution in [0.4, 0.5) is 15.2 Å². The Morgan fingerprint density at radius 2 is 1.76 bits per heavy atom. The Bertz CT molecular complexity index is 591. The number of rotatable bonds is 3. The number of benzene rings is 1. The Labute approximate surface area is 127 Å². The fourth-order valence-corrected chi connectivity index (χ4v) is 3.39. The second-order valence-corrected chi connectivity index (χ2v) is 6.02. The zero-order chi connectivity index (χ0) is 14.8. The van der Waals surface area contributed by atoms with Gasteiger partial charge in [-0.2, -0.15) is 0 Å². The summed E-state index contributed by atoms with van der Waals surface area (Å²) in [4.78, 5) is 8.95. The van der Waals surface area contributed by atoms with Crippen LogP contribution >= 0.6 is 11.3 Å². The van der Waals surface area contributed by atoms with Crippen molar-refractivity contribution < 1.29 is 9.50 Å². The molecule has 1 aliphatic rings. The van der Waals surface area contributed by atoms with Crippen LogP contribution in [0.2, 0.25) is 0 Å². The quantitative estimate of drug-likeness (QED) is 0.946. The first-order valence-electron chi connectivity index (χ1n) is 7.02. The Kier molecular flexibility index (Phi) is 4.07. The third kappa shape index (κ3) is 3.16. The molecule has 1 saturated heterocycles. The molecule has 0 saturated carbocycles. The van der Waals surface area contributed by atoms with Gasteiger partial charge in [-0.15, -0.1) is 11.3 Å². The average Bonchev–Trinajstić information content (AvgIpc) is 2.98. The van der Waals surface area contributed by atoms with Gasteiger partial charge in [0.1, 0.15) is 5.82 Å². The molecule has 0 bridgehead atoms. The van der Waals surface area contributed by atoms with E-state index in [0.717, 1.165) is 42.7 Å². The standard InChI is InChI=1S/C15H18FN3OS/c1-11(20)14-10-21-15(17-14)19-8-6-18(7-9-19)13-4-2-12(16)3-5-13/h2-5,10-11,20H,6-9H2,1H3. The molecule has 2 aromatic rings. The van der Waals surface area contributed by atoms with Crippen LogP contribution in [0.3, 0.4) is 0 Å². The molecule has 4 nitrogen and oxygen atoms in total. The summed E-state index contributed by atoms with van der Waals surface area (Å²) in [6.45, 7) is 5.25. The van der Waals surface area contributed by atoms with E-state index in [9.17, 15) is 9.50 Å². The number of aliphatic hydroxyl groups excluding tert-OH is 1. The van der Waals surface area contributed by atoms with E-state index in [-0.39, 0.29) is 5.82 Å². The second-order valence-electron chi connectivity index (χ2n) is 5.18. The maximum atomic E-state index is 13.0. The van der Waals surface area contributed by atoms with Crippen molar-refractivity contribution in [3.05, 3.63) is 41.2 Å². The van der Waals surface area contributed by atoms with Gasteiger partial charge in [0, 0.05) is 37.2 Å². The third-order valence-electron chi connectivity index (χ3n) is 3.68. The molecule has 1 aliphatic heterocycles. The van der Waals surface area contributed by atoms with E-state index in [1.807, 2.05) is 17.5 Å². The summed E-state index contributed by atoms with van der Waals surface area (Å²) in [6, 6.07) is 6.63. The van der Waals surface area contributed by atoms with Crippen molar-refractivity contribution in [1.82, 2.24) is 4.98 Å². The summed E-state index contributed by atoms with van der Waals surface area (Å²) in [5, 5.41) is 12.4. The van der Waals surface area contributed by atoms with E-state index in [2.05, 4.69) is 14.8 Å². The fourth-order valence-electron chi connectivity index (χ4n) is 2.42. The highest BCUT2D eigenvalue weighted by Gasteiger charge is 2.20. The Hall–Kier alpha value is -1.66. The number of hydrogen-bond acceptors (Lipinski definition) is 5. The number of piperazine rings is 1. The van der Waals surface area contributed by atoms with Crippen molar-refractivity contribution >= 4 is 22.2 Å². The van der Waals surface area contributed by atoms with E-state index < -0.39 is 6.10 Å². The van der Waals surface area contributed by atoms with Crippen LogP contribution in [0.5, 0.6) is 0 Å². The number of nitrogens with zero attached hydrogens (tertiary/aromatic N) is 3. The lowest BCUT2D eigenvalue weighted by atomic mass is 10.2. The molecule has 1 unspecified atom stereocenters. The van der Waals surface area contributed by atoms with Crippen molar-refractivity contribution in [2.45, 2.75) is 13.0 Å². The van der Waals surface area contributed by atoms with Crippen LogP contribution in [0.25, 0.3) is 0 Å². The number of hydrogen-bond donors (Lipinski definition) is 1. The smallest absolute Gasteiger partial charge is 0.185 e. The first-order chi connectivity index (χ1) is 10.1. The average molecular weight is 307 g/mol. The van der Waals surface area contributed by atoms with Crippen LogP contribution in [0, 0.1) is 5.82 Å². The minimum atomic E-state index is -0.518. The SMILES string of the molecule is CC(O)c1csc(N2CCN(c3ccc(F)cc3)CC2)n1. The zero-order valence-corrected chi connectivity index (χ0v) is 12.7. The van der Waals surface area contributed by atoms with E-state index >= 15 is 0 Å². The summed E-state index contributed by atoms with van der Waals surface area (Å²) >= 11 is 1.57. The van der Waals surface area contributed by atoms with Crippen LogP contribution in [-0.2, 0) is 0 Å². The molecule has 1 aromatic carbocycles. The predicted octanol–water partition coefficient (Wildman–Crippen LogP) is 2.66. The molecule has 1 fully saturated rings. The summed E-state index contributed by atoms with van der Waals surface area (Å²) in [5.41, 5.74) is 1.79. The lowest BCUT2D eigenvalue weighted by Crippen LogP contribution is -2.46. The summed E-state index contributed by atoms with van der Waals surface area (Å²) in [7, 11) is 0. The van der Waals surface area contributed by atoms with Crippen molar-refractivity contribution in [3.63, 3.8) is 0 Å². The predicted molar refractivity (Wildman–Crippen MR) is 83.6 cm³/mol. The summed E-state index contributed by atoms with van der Waals surface area (Å²) in [6.07, 6.45) is -0.518. The first kappa shape index (κ1) is 14.3. The molecule has 0 amide bonds. The largest absolute Gasteiger partial charge is 0.387 e. The lowest BCUT2D eigenvalue weighted by Gasteiger charge is -2.36. The first-order valence-corrected chi connectivity index (χ1v) is 7.90. The molecule has 3 rings (SSSR count). The minimum absolute atomic E-state index is 0.203. The molecule has 0 spiro atoms. The van der Waals surface area contributed by atoms with E-state index in [0.29, 0.717) is 0 Å². The Morgan fingerprint density at radius 3 is 2.33 bits per heavy atom. The minimum Gasteiger partial charge on any atom is -0.387 e. The van der Waals surface area contributed by atoms with E-state index in [4.69, 9.17) is 0 Å². The molecule has 21 heavy (non-hydrogen) atoms. The summed E-state index contributed by atoms with van der Waals surface area (Å²) in [5.74, 6) is -0.203. The molecular formula is C15H18FN3OS.